The highest BCUT2D eigenvalue weighted by molar-refractivity contribution is 5.75. The summed E-state index contributed by atoms with van der Waals surface area (Å²) >= 11 is 0. The van der Waals surface area contributed by atoms with E-state index in [9.17, 15) is 4.79 Å². The SMILES string of the molecule is C#CCCC1(CCC(=O)NCCC2CCN(C)CC2)N=N1. The van der Waals surface area contributed by atoms with Crippen molar-refractivity contribution in [1.82, 2.24) is 10.2 Å². The van der Waals surface area contributed by atoms with Crippen LogP contribution in [0.5, 0.6) is 0 Å². The number of carbonyl (C=O) groups is 1. The van der Waals surface area contributed by atoms with Crippen molar-refractivity contribution in [1.29, 1.82) is 0 Å². The van der Waals surface area contributed by atoms with Gasteiger partial charge in [-0.25, -0.2) is 0 Å². The van der Waals surface area contributed by atoms with Gasteiger partial charge in [-0.05, 0) is 45.3 Å². The van der Waals surface area contributed by atoms with Crippen molar-refractivity contribution < 1.29 is 4.79 Å². The topological polar surface area (TPSA) is 57.1 Å². The molecule has 21 heavy (non-hydrogen) atoms. The van der Waals surface area contributed by atoms with E-state index in [0.717, 1.165) is 25.3 Å². The highest BCUT2D eigenvalue weighted by Crippen LogP contribution is 2.37. The number of rotatable bonds is 8. The molecule has 2 rings (SSSR count). The van der Waals surface area contributed by atoms with E-state index in [1.54, 1.807) is 0 Å². The third-order valence-electron chi connectivity index (χ3n) is 4.52. The normalized spacial score (nSPS) is 21.0. The minimum Gasteiger partial charge on any atom is -0.356 e. The lowest BCUT2D eigenvalue weighted by Gasteiger charge is -2.28. The molecule has 0 unspecified atom stereocenters. The van der Waals surface area contributed by atoms with E-state index in [-0.39, 0.29) is 11.6 Å². The monoisotopic (exact) mass is 290 g/mol. The highest BCUT2D eigenvalue weighted by Gasteiger charge is 2.39. The van der Waals surface area contributed by atoms with E-state index >= 15 is 0 Å². The van der Waals surface area contributed by atoms with Crippen LogP contribution in [0.1, 0.15) is 44.9 Å². The molecule has 1 N–H and O–H groups in total. The van der Waals surface area contributed by atoms with E-state index in [1.807, 2.05) is 0 Å². The number of amides is 1. The van der Waals surface area contributed by atoms with Gasteiger partial charge in [0, 0.05) is 32.2 Å². The lowest BCUT2D eigenvalue weighted by Crippen LogP contribution is -2.33. The van der Waals surface area contributed by atoms with Gasteiger partial charge in [0.1, 0.15) is 0 Å². The summed E-state index contributed by atoms with van der Waals surface area (Å²) in [7, 11) is 2.17. The largest absolute Gasteiger partial charge is 0.356 e. The van der Waals surface area contributed by atoms with Gasteiger partial charge in [0.15, 0.2) is 5.66 Å². The molecule has 0 aromatic heterocycles. The maximum absolute atomic E-state index is 11.8. The molecule has 116 valence electrons. The van der Waals surface area contributed by atoms with Crippen LogP contribution in [0.15, 0.2) is 10.2 Å². The number of likely N-dealkylation sites (tertiary alicyclic amines) is 1. The van der Waals surface area contributed by atoms with Crippen molar-refractivity contribution in [3.05, 3.63) is 0 Å². The van der Waals surface area contributed by atoms with Crippen LogP contribution < -0.4 is 5.32 Å². The van der Waals surface area contributed by atoms with Crippen molar-refractivity contribution in [3.63, 3.8) is 0 Å². The molecule has 0 saturated carbocycles. The second kappa shape index (κ2) is 7.56. The Morgan fingerprint density at radius 3 is 2.71 bits per heavy atom. The number of terminal acetylenes is 1. The van der Waals surface area contributed by atoms with Gasteiger partial charge in [0.2, 0.25) is 5.91 Å². The van der Waals surface area contributed by atoms with Crippen molar-refractivity contribution in [3.8, 4) is 12.3 Å². The van der Waals surface area contributed by atoms with Crippen LogP contribution in [0.3, 0.4) is 0 Å². The van der Waals surface area contributed by atoms with Crippen molar-refractivity contribution in [2.75, 3.05) is 26.7 Å². The molecule has 0 bridgehead atoms. The van der Waals surface area contributed by atoms with Crippen LogP contribution >= 0.6 is 0 Å². The number of hydrogen-bond acceptors (Lipinski definition) is 4. The van der Waals surface area contributed by atoms with Crippen LogP contribution in [0, 0.1) is 18.3 Å². The zero-order valence-corrected chi connectivity index (χ0v) is 13.0. The van der Waals surface area contributed by atoms with Crippen molar-refractivity contribution in [2.45, 2.75) is 50.6 Å². The molecule has 0 spiro atoms. The quantitative estimate of drug-likeness (QED) is 0.697. The molecule has 0 radical (unpaired) electrons. The van der Waals surface area contributed by atoms with Gasteiger partial charge in [-0.1, -0.05) is 0 Å². The molecule has 0 aliphatic carbocycles. The zero-order chi connectivity index (χ0) is 15.1. The minimum atomic E-state index is -0.336. The maximum Gasteiger partial charge on any atom is 0.220 e. The Morgan fingerprint density at radius 1 is 1.38 bits per heavy atom. The molecule has 2 aliphatic heterocycles. The summed E-state index contributed by atoms with van der Waals surface area (Å²) < 4.78 is 0. The summed E-state index contributed by atoms with van der Waals surface area (Å²) in [5.41, 5.74) is -0.336. The Balaban J connectivity index is 1.53. The number of nitrogens with one attached hydrogen (secondary N) is 1. The Morgan fingerprint density at radius 2 is 2.10 bits per heavy atom. The molecule has 0 aromatic rings. The third-order valence-corrected chi connectivity index (χ3v) is 4.52. The second-order valence-corrected chi connectivity index (χ2v) is 6.27. The van der Waals surface area contributed by atoms with Crippen LogP contribution in [-0.2, 0) is 4.79 Å². The second-order valence-electron chi connectivity index (χ2n) is 6.27. The summed E-state index contributed by atoms with van der Waals surface area (Å²) in [5.74, 6) is 3.47. The first-order valence-corrected chi connectivity index (χ1v) is 7.96. The summed E-state index contributed by atoms with van der Waals surface area (Å²) in [6.45, 7) is 3.15. The number of piperidine rings is 1. The van der Waals surface area contributed by atoms with E-state index in [1.165, 1.54) is 25.9 Å². The number of hydrogen-bond donors (Lipinski definition) is 1. The van der Waals surface area contributed by atoms with Gasteiger partial charge < -0.3 is 10.2 Å². The Bertz CT molecular complexity index is 412. The molecule has 0 aromatic carbocycles. The maximum atomic E-state index is 11.8. The standard InChI is InChI=1S/C16H26N4O/c1-3-4-9-16(18-19-16)10-5-15(21)17-11-6-14-7-12-20(2)13-8-14/h1,14H,4-13H2,2H3,(H,17,21). The van der Waals surface area contributed by atoms with Gasteiger partial charge >= 0.3 is 0 Å². The molecule has 0 atom stereocenters. The molecule has 2 heterocycles. The van der Waals surface area contributed by atoms with Crippen LogP contribution in [0.25, 0.3) is 0 Å². The highest BCUT2D eigenvalue weighted by atomic mass is 16.1. The predicted octanol–water partition coefficient (Wildman–Crippen LogP) is 2.19. The van der Waals surface area contributed by atoms with E-state index in [2.05, 4.69) is 33.4 Å². The molecule has 2 aliphatic rings. The summed E-state index contributed by atoms with van der Waals surface area (Å²) in [5, 5.41) is 11.1. The van der Waals surface area contributed by atoms with Gasteiger partial charge in [-0.2, -0.15) is 10.2 Å². The Kier molecular flexibility index (Phi) is 5.75. The van der Waals surface area contributed by atoms with E-state index < -0.39 is 0 Å². The Labute approximate surface area is 127 Å². The van der Waals surface area contributed by atoms with Gasteiger partial charge in [-0.3, -0.25) is 4.79 Å². The lowest BCUT2D eigenvalue weighted by atomic mass is 9.94. The van der Waals surface area contributed by atoms with Crippen molar-refractivity contribution in [2.24, 2.45) is 16.1 Å². The number of carbonyl (C=O) groups excluding carboxylic acids is 1. The summed E-state index contributed by atoms with van der Waals surface area (Å²) in [6, 6.07) is 0. The van der Waals surface area contributed by atoms with Crippen LogP contribution in [-0.4, -0.2) is 43.2 Å². The molecule has 5 nitrogen and oxygen atoms in total. The summed E-state index contributed by atoms with van der Waals surface area (Å²) in [6.07, 6.45) is 11.5. The average molecular weight is 290 g/mol. The fourth-order valence-corrected chi connectivity index (χ4v) is 2.84. The van der Waals surface area contributed by atoms with Crippen molar-refractivity contribution >= 4 is 5.91 Å². The molecule has 1 saturated heterocycles. The third kappa shape index (κ3) is 5.47. The lowest BCUT2D eigenvalue weighted by molar-refractivity contribution is -0.121. The van der Waals surface area contributed by atoms with Crippen LogP contribution in [0.4, 0.5) is 0 Å². The van der Waals surface area contributed by atoms with Crippen LogP contribution in [0.2, 0.25) is 0 Å². The fraction of sp³-hybridized carbons (Fsp3) is 0.812. The van der Waals surface area contributed by atoms with Gasteiger partial charge in [-0.15, -0.1) is 12.3 Å². The zero-order valence-electron chi connectivity index (χ0n) is 13.0. The van der Waals surface area contributed by atoms with E-state index in [0.29, 0.717) is 19.3 Å². The average Bonchev–Trinajstić information content (AvgIpc) is 3.26. The molecular formula is C16H26N4O. The van der Waals surface area contributed by atoms with Gasteiger partial charge in [0.25, 0.3) is 0 Å². The molecule has 1 fully saturated rings. The molecule has 1 amide bonds. The smallest absolute Gasteiger partial charge is 0.220 e. The van der Waals surface area contributed by atoms with E-state index in [4.69, 9.17) is 6.42 Å². The predicted molar refractivity (Wildman–Crippen MR) is 82.7 cm³/mol. The fourth-order valence-electron chi connectivity index (χ4n) is 2.84. The first kappa shape index (κ1) is 16.0. The minimum absolute atomic E-state index is 0.111. The first-order valence-electron chi connectivity index (χ1n) is 7.96. The Hall–Kier alpha value is -1.41. The molecule has 5 heteroatoms. The number of nitrogens with zero attached hydrogens (tertiary/aromatic N) is 3. The first-order chi connectivity index (χ1) is 10.1. The summed E-state index contributed by atoms with van der Waals surface area (Å²) in [4.78, 5) is 14.2. The molecular weight excluding hydrogens is 264 g/mol. The van der Waals surface area contributed by atoms with Gasteiger partial charge in [0.05, 0.1) is 0 Å².